The van der Waals surface area contributed by atoms with Crippen molar-refractivity contribution in [2.75, 3.05) is 39.3 Å². The van der Waals surface area contributed by atoms with Crippen molar-refractivity contribution in [3.8, 4) is 0 Å². The number of nitrogens with zero attached hydrogens (tertiary/aromatic N) is 2. The average molecular weight is 422 g/mol. The van der Waals surface area contributed by atoms with Crippen LogP contribution in [0, 0.1) is 5.41 Å². The Labute approximate surface area is 179 Å². The Kier molecular flexibility index (Phi) is 7.55. The Morgan fingerprint density at radius 2 is 1.93 bits per heavy atom. The predicted molar refractivity (Wildman–Crippen MR) is 114 cm³/mol. The number of benzene rings is 1. The summed E-state index contributed by atoms with van der Waals surface area (Å²) in [4.78, 5) is 29.1. The molecule has 3 aliphatic rings. The van der Waals surface area contributed by atoms with Crippen LogP contribution in [-0.2, 0) is 20.9 Å². The third kappa shape index (κ3) is 5.50. The van der Waals surface area contributed by atoms with E-state index in [1.165, 1.54) is 5.56 Å². The number of likely N-dealkylation sites (tertiary alicyclic amines) is 2. The Morgan fingerprint density at radius 1 is 1.17 bits per heavy atom. The van der Waals surface area contributed by atoms with Crippen molar-refractivity contribution < 1.29 is 14.3 Å². The highest BCUT2D eigenvalue weighted by molar-refractivity contribution is 5.85. The van der Waals surface area contributed by atoms with E-state index in [0.29, 0.717) is 26.0 Å². The van der Waals surface area contributed by atoms with Gasteiger partial charge in [-0.15, -0.1) is 12.4 Å². The molecule has 1 aromatic rings. The van der Waals surface area contributed by atoms with Crippen molar-refractivity contribution in [3.63, 3.8) is 0 Å². The van der Waals surface area contributed by atoms with Gasteiger partial charge in [-0.25, -0.2) is 0 Å². The van der Waals surface area contributed by atoms with Gasteiger partial charge >= 0.3 is 0 Å². The molecule has 3 aliphatic heterocycles. The minimum Gasteiger partial charge on any atom is -0.375 e. The molecule has 2 amide bonds. The van der Waals surface area contributed by atoms with Gasteiger partial charge in [0.25, 0.3) is 0 Å². The van der Waals surface area contributed by atoms with E-state index in [1.807, 2.05) is 28.0 Å². The van der Waals surface area contributed by atoms with Crippen LogP contribution in [0.2, 0.25) is 0 Å². The van der Waals surface area contributed by atoms with Crippen molar-refractivity contribution in [2.24, 2.45) is 5.41 Å². The van der Waals surface area contributed by atoms with Gasteiger partial charge in [0.1, 0.15) is 0 Å². The number of carbonyl (C=O) groups excluding carboxylic acids is 2. The Morgan fingerprint density at radius 3 is 2.62 bits per heavy atom. The zero-order chi connectivity index (χ0) is 19.4. The number of nitrogens with one attached hydrogen (secondary N) is 1. The number of rotatable bonds is 4. The predicted octanol–water partition coefficient (Wildman–Crippen LogP) is 2.22. The van der Waals surface area contributed by atoms with E-state index in [2.05, 4.69) is 17.4 Å². The fourth-order valence-electron chi connectivity index (χ4n) is 4.76. The van der Waals surface area contributed by atoms with Gasteiger partial charge in [0, 0.05) is 45.7 Å². The van der Waals surface area contributed by atoms with Crippen LogP contribution in [0.25, 0.3) is 0 Å². The van der Waals surface area contributed by atoms with Crippen LogP contribution >= 0.6 is 12.4 Å². The van der Waals surface area contributed by atoms with Gasteiger partial charge in [0.15, 0.2) is 0 Å². The Balaban J connectivity index is 0.00000240. The summed E-state index contributed by atoms with van der Waals surface area (Å²) >= 11 is 0. The van der Waals surface area contributed by atoms with Crippen LogP contribution in [0.5, 0.6) is 0 Å². The molecule has 1 unspecified atom stereocenters. The van der Waals surface area contributed by atoms with E-state index in [4.69, 9.17) is 4.74 Å². The number of amides is 2. The molecule has 1 spiro atoms. The van der Waals surface area contributed by atoms with Gasteiger partial charge in [-0.2, -0.15) is 0 Å². The molecular formula is C22H32ClN3O3. The fraction of sp³-hybridized carbons (Fsp3) is 0.636. The van der Waals surface area contributed by atoms with Crippen molar-refractivity contribution in [3.05, 3.63) is 35.9 Å². The summed E-state index contributed by atoms with van der Waals surface area (Å²) in [5, 5.41) is 3.29. The quantitative estimate of drug-likeness (QED) is 0.809. The minimum absolute atomic E-state index is 0. The molecule has 1 atom stereocenters. The SMILES string of the molecule is Cl.O=C(CC1CNCCO1)N1CCC2(CCC(=O)N(Cc3ccccc3)C2)CC1. The average Bonchev–Trinajstić information content (AvgIpc) is 2.73. The van der Waals surface area contributed by atoms with E-state index in [-0.39, 0.29) is 35.7 Å². The molecule has 29 heavy (non-hydrogen) atoms. The van der Waals surface area contributed by atoms with E-state index in [1.54, 1.807) is 0 Å². The second-order valence-electron chi connectivity index (χ2n) is 8.52. The summed E-state index contributed by atoms with van der Waals surface area (Å²) < 4.78 is 5.68. The fourth-order valence-corrected chi connectivity index (χ4v) is 4.76. The molecule has 0 saturated carbocycles. The van der Waals surface area contributed by atoms with E-state index < -0.39 is 0 Å². The molecule has 1 N–H and O–H groups in total. The highest BCUT2D eigenvalue weighted by Crippen LogP contribution is 2.40. The Bertz CT molecular complexity index is 686. The Hall–Kier alpha value is -1.63. The standard InChI is InChI=1S/C22H31N3O3.ClH/c26-20-6-7-22(17-25(20)16-18-4-2-1-3-5-18)8-11-24(12-9-22)21(27)14-19-15-23-10-13-28-19;/h1-5,19,23H,6-17H2;1H. The molecular weight excluding hydrogens is 390 g/mol. The normalized spacial score (nSPS) is 24.3. The van der Waals surface area contributed by atoms with Crippen LogP contribution < -0.4 is 5.32 Å². The number of morpholine rings is 1. The van der Waals surface area contributed by atoms with Gasteiger partial charge in [-0.3, -0.25) is 9.59 Å². The zero-order valence-electron chi connectivity index (χ0n) is 17.0. The van der Waals surface area contributed by atoms with Crippen LogP contribution in [0.1, 0.15) is 37.7 Å². The molecule has 0 bridgehead atoms. The summed E-state index contributed by atoms with van der Waals surface area (Å²) in [7, 11) is 0. The lowest BCUT2D eigenvalue weighted by Crippen LogP contribution is -2.52. The first-order chi connectivity index (χ1) is 13.6. The molecule has 0 aliphatic carbocycles. The van der Waals surface area contributed by atoms with Gasteiger partial charge in [0.05, 0.1) is 19.1 Å². The van der Waals surface area contributed by atoms with Crippen molar-refractivity contribution in [2.45, 2.75) is 44.8 Å². The molecule has 0 radical (unpaired) electrons. The lowest BCUT2D eigenvalue weighted by atomic mass is 9.72. The summed E-state index contributed by atoms with van der Waals surface area (Å²) in [6, 6.07) is 10.2. The minimum atomic E-state index is 0. The highest BCUT2D eigenvalue weighted by atomic mass is 35.5. The first-order valence-corrected chi connectivity index (χ1v) is 10.6. The van der Waals surface area contributed by atoms with Crippen LogP contribution in [-0.4, -0.2) is 67.0 Å². The second kappa shape index (κ2) is 9.92. The van der Waals surface area contributed by atoms with E-state index in [0.717, 1.165) is 52.0 Å². The summed E-state index contributed by atoms with van der Waals surface area (Å²) in [6.07, 6.45) is 4.03. The van der Waals surface area contributed by atoms with Crippen molar-refractivity contribution in [1.29, 1.82) is 0 Å². The molecule has 1 aromatic carbocycles. The van der Waals surface area contributed by atoms with E-state index >= 15 is 0 Å². The highest BCUT2D eigenvalue weighted by Gasteiger charge is 2.41. The maximum atomic E-state index is 12.6. The molecule has 6 nitrogen and oxygen atoms in total. The third-order valence-corrected chi connectivity index (χ3v) is 6.55. The van der Waals surface area contributed by atoms with Crippen LogP contribution in [0.15, 0.2) is 30.3 Å². The van der Waals surface area contributed by atoms with Gasteiger partial charge < -0.3 is 19.9 Å². The monoisotopic (exact) mass is 421 g/mol. The summed E-state index contributed by atoms with van der Waals surface area (Å²) in [5.74, 6) is 0.464. The molecule has 160 valence electrons. The van der Waals surface area contributed by atoms with Crippen molar-refractivity contribution in [1.82, 2.24) is 15.1 Å². The maximum Gasteiger partial charge on any atom is 0.225 e. The summed E-state index contributed by atoms with van der Waals surface area (Å²) in [5.41, 5.74) is 1.35. The van der Waals surface area contributed by atoms with Crippen molar-refractivity contribution >= 4 is 24.2 Å². The topological polar surface area (TPSA) is 61.9 Å². The second-order valence-corrected chi connectivity index (χ2v) is 8.52. The summed E-state index contributed by atoms with van der Waals surface area (Å²) in [6.45, 7) is 5.43. The molecule has 0 aromatic heterocycles. The van der Waals surface area contributed by atoms with Crippen LogP contribution in [0.4, 0.5) is 0 Å². The van der Waals surface area contributed by atoms with Gasteiger partial charge in [-0.1, -0.05) is 30.3 Å². The largest absolute Gasteiger partial charge is 0.375 e. The first kappa shape index (κ1) is 22.1. The molecule has 3 heterocycles. The zero-order valence-corrected chi connectivity index (χ0v) is 17.8. The maximum absolute atomic E-state index is 12.6. The number of halogens is 1. The van der Waals surface area contributed by atoms with Gasteiger partial charge in [-0.05, 0) is 30.2 Å². The van der Waals surface area contributed by atoms with Gasteiger partial charge in [0.2, 0.25) is 11.8 Å². The smallest absolute Gasteiger partial charge is 0.225 e. The first-order valence-electron chi connectivity index (χ1n) is 10.6. The molecule has 4 rings (SSSR count). The lowest BCUT2D eigenvalue weighted by molar-refractivity contribution is -0.144. The molecule has 3 fully saturated rings. The number of piperidine rings is 2. The number of carbonyl (C=O) groups is 2. The van der Waals surface area contributed by atoms with Crippen LogP contribution in [0.3, 0.4) is 0 Å². The third-order valence-electron chi connectivity index (χ3n) is 6.55. The molecule has 7 heteroatoms. The number of hydrogen-bond acceptors (Lipinski definition) is 4. The van der Waals surface area contributed by atoms with E-state index in [9.17, 15) is 9.59 Å². The number of hydrogen-bond donors (Lipinski definition) is 1. The molecule has 3 saturated heterocycles. The lowest BCUT2D eigenvalue weighted by Gasteiger charge is -2.47. The number of ether oxygens (including phenoxy) is 1.